The van der Waals surface area contributed by atoms with Crippen molar-refractivity contribution in [3.05, 3.63) is 59.1 Å². The first kappa shape index (κ1) is 15.5. The number of hydrogen-bond acceptors (Lipinski definition) is 4. The Morgan fingerprint density at radius 3 is 2.74 bits per heavy atom. The molecule has 3 rings (SSSR count). The molecule has 23 heavy (non-hydrogen) atoms. The Morgan fingerprint density at radius 1 is 1.26 bits per heavy atom. The van der Waals surface area contributed by atoms with Gasteiger partial charge in [-0.05, 0) is 30.3 Å². The minimum absolute atomic E-state index is 0.201. The van der Waals surface area contributed by atoms with Crippen LogP contribution in [-0.2, 0) is 6.54 Å². The molecule has 2 aromatic heterocycles. The summed E-state index contributed by atoms with van der Waals surface area (Å²) in [6.07, 6.45) is 1.54. The number of nitrogens with zero attached hydrogens (tertiary/aromatic N) is 1. The van der Waals surface area contributed by atoms with Crippen LogP contribution in [0.15, 0.2) is 47.0 Å². The highest BCUT2D eigenvalue weighted by atomic mass is 35.5. The maximum atomic E-state index is 12.3. The van der Waals surface area contributed by atoms with Gasteiger partial charge in [-0.1, -0.05) is 30.7 Å². The van der Waals surface area contributed by atoms with Gasteiger partial charge in [0.15, 0.2) is 5.76 Å². The summed E-state index contributed by atoms with van der Waals surface area (Å²) in [5.74, 6) is -0.122. The number of nitrogens with one attached hydrogen (secondary N) is 2. The van der Waals surface area contributed by atoms with Gasteiger partial charge in [-0.25, -0.2) is 4.98 Å². The van der Waals surface area contributed by atoms with Crippen molar-refractivity contribution in [3.8, 4) is 0 Å². The lowest BCUT2D eigenvalue weighted by molar-refractivity contribution is 0.0998. The Labute approximate surface area is 138 Å². The number of pyridine rings is 1. The van der Waals surface area contributed by atoms with Gasteiger partial charge in [0, 0.05) is 24.5 Å². The van der Waals surface area contributed by atoms with Crippen LogP contribution in [0, 0.1) is 0 Å². The van der Waals surface area contributed by atoms with Crippen LogP contribution in [0.1, 0.15) is 23.0 Å². The summed E-state index contributed by atoms with van der Waals surface area (Å²) in [4.78, 5) is 16.2. The van der Waals surface area contributed by atoms with Crippen molar-refractivity contribution in [1.29, 1.82) is 0 Å². The second kappa shape index (κ2) is 6.81. The fourth-order valence-electron chi connectivity index (χ4n) is 2.21. The standard InChI is InChI=1S/C17H16ClN3O2/c1-2-19-10-11-3-5-12(6-4-11)21-17(22)15-9-13-14(23-15)7-8-20-16(13)18/h3-9,19H,2,10H2,1H3,(H,21,22). The molecule has 0 aliphatic carbocycles. The van der Waals surface area contributed by atoms with Gasteiger partial charge in [0.05, 0.1) is 5.39 Å². The molecule has 0 aliphatic heterocycles. The van der Waals surface area contributed by atoms with Gasteiger partial charge in [0.2, 0.25) is 0 Å². The second-order valence-electron chi connectivity index (χ2n) is 5.06. The van der Waals surface area contributed by atoms with Crippen LogP contribution in [0.25, 0.3) is 11.0 Å². The molecular weight excluding hydrogens is 314 g/mol. The first-order chi connectivity index (χ1) is 11.2. The number of carbonyl (C=O) groups excluding carboxylic acids is 1. The number of furan rings is 1. The molecule has 0 radical (unpaired) electrons. The van der Waals surface area contributed by atoms with E-state index in [4.69, 9.17) is 16.0 Å². The van der Waals surface area contributed by atoms with Crippen molar-refractivity contribution in [1.82, 2.24) is 10.3 Å². The van der Waals surface area contributed by atoms with E-state index in [1.807, 2.05) is 24.3 Å². The molecule has 0 saturated heterocycles. The monoisotopic (exact) mass is 329 g/mol. The lowest BCUT2D eigenvalue weighted by Crippen LogP contribution is -2.12. The van der Waals surface area contributed by atoms with Crippen molar-refractivity contribution >= 4 is 34.2 Å². The molecule has 1 aromatic carbocycles. The third-order valence-electron chi connectivity index (χ3n) is 3.41. The molecule has 2 heterocycles. The first-order valence-corrected chi connectivity index (χ1v) is 7.70. The van der Waals surface area contributed by atoms with E-state index in [2.05, 4.69) is 22.5 Å². The van der Waals surface area contributed by atoms with Gasteiger partial charge >= 0.3 is 0 Å². The molecule has 2 N–H and O–H groups in total. The van der Waals surface area contributed by atoms with Crippen molar-refractivity contribution in [2.45, 2.75) is 13.5 Å². The minimum Gasteiger partial charge on any atom is -0.451 e. The SMILES string of the molecule is CCNCc1ccc(NC(=O)c2cc3c(Cl)nccc3o2)cc1. The van der Waals surface area contributed by atoms with Crippen LogP contribution in [0.2, 0.25) is 5.15 Å². The molecule has 0 atom stereocenters. The van der Waals surface area contributed by atoms with Crippen LogP contribution in [0.3, 0.4) is 0 Å². The number of carbonyl (C=O) groups is 1. The third kappa shape index (κ3) is 3.52. The molecule has 3 aromatic rings. The summed E-state index contributed by atoms with van der Waals surface area (Å²) in [5, 5.41) is 7.00. The van der Waals surface area contributed by atoms with Crippen molar-refractivity contribution in [2.24, 2.45) is 0 Å². The van der Waals surface area contributed by atoms with Gasteiger partial charge in [-0.3, -0.25) is 4.79 Å². The fourth-order valence-corrected chi connectivity index (χ4v) is 2.41. The van der Waals surface area contributed by atoms with Gasteiger partial charge in [-0.2, -0.15) is 0 Å². The predicted octanol–water partition coefficient (Wildman–Crippen LogP) is 3.84. The van der Waals surface area contributed by atoms with Gasteiger partial charge in [-0.15, -0.1) is 0 Å². The Morgan fingerprint density at radius 2 is 2.04 bits per heavy atom. The molecule has 0 saturated carbocycles. The van der Waals surface area contributed by atoms with Crippen LogP contribution >= 0.6 is 11.6 Å². The van der Waals surface area contributed by atoms with E-state index < -0.39 is 0 Å². The zero-order valence-electron chi connectivity index (χ0n) is 12.6. The molecule has 0 bridgehead atoms. The molecule has 0 fully saturated rings. The van der Waals surface area contributed by atoms with Crippen LogP contribution < -0.4 is 10.6 Å². The molecule has 6 heteroatoms. The van der Waals surface area contributed by atoms with Crippen molar-refractivity contribution in [3.63, 3.8) is 0 Å². The number of benzene rings is 1. The molecule has 5 nitrogen and oxygen atoms in total. The normalized spacial score (nSPS) is 10.9. The van der Waals surface area contributed by atoms with Gasteiger partial charge in [0.1, 0.15) is 10.7 Å². The Kier molecular flexibility index (Phi) is 4.60. The molecule has 0 aliphatic rings. The summed E-state index contributed by atoms with van der Waals surface area (Å²) in [5.41, 5.74) is 2.41. The summed E-state index contributed by atoms with van der Waals surface area (Å²) in [7, 11) is 0. The smallest absolute Gasteiger partial charge is 0.291 e. The Hall–Kier alpha value is -2.37. The number of anilines is 1. The van der Waals surface area contributed by atoms with E-state index in [0.717, 1.165) is 18.7 Å². The average molecular weight is 330 g/mol. The van der Waals surface area contributed by atoms with Crippen molar-refractivity contribution in [2.75, 3.05) is 11.9 Å². The number of rotatable bonds is 5. The lowest BCUT2D eigenvalue weighted by atomic mass is 10.2. The summed E-state index contributed by atoms with van der Waals surface area (Å²) >= 11 is 5.99. The van der Waals surface area contributed by atoms with E-state index >= 15 is 0 Å². The molecule has 118 valence electrons. The number of hydrogen-bond donors (Lipinski definition) is 2. The van der Waals surface area contributed by atoms with Crippen molar-refractivity contribution < 1.29 is 9.21 Å². The summed E-state index contributed by atoms with van der Waals surface area (Å²) in [6, 6.07) is 10.9. The lowest BCUT2D eigenvalue weighted by Gasteiger charge is -2.05. The molecular formula is C17H16ClN3O2. The second-order valence-corrected chi connectivity index (χ2v) is 5.41. The van der Waals surface area contributed by atoms with Crippen LogP contribution in [-0.4, -0.2) is 17.4 Å². The Balaban J connectivity index is 1.73. The van der Waals surface area contributed by atoms with Gasteiger partial charge in [0.25, 0.3) is 5.91 Å². The van der Waals surface area contributed by atoms with E-state index in [9.17, 15) is 4.79 Å². The fraction of sp³-hybridized carbons (Fsp3) is 0.176. The molecule has 0 unspecified atom stereocenters. The highest BCUT2D eigenvalue weighted by Gasteiger charge is 2.14. The minimum atomic E-state index is -0.323. The zero-order valence-corrected chi connectivity index (χ0v) is 13.4. The van der Waals surface area contributed by atoms with E-state index in [1.54, 1.807) is 18.3 Å². The summed E-state index contributed by atoms with van der Waals surface area (Å²) in [6.45, 7) is 3.78. The van der Waals surface area contributed by atoms with Crippen LogP contribution in [0.4, 0.5) is 5.69 Å². The summed E-state index contributed by atoms with van der Waals surface area (Å²) < 4.78 is 5.51. The quantitative estimate of drug-likeness (QED) is 0.698. The third-order valence-corrected chi connectivity index (χ3v) is 3.71. The maximum absolute atomic E-state index is 12.3. The largest absolute Gasteiger partial charge is 0.451 e. The topological polar surface area (TPSA) is 67.2 Å². The van der Waals surface area contributed by atoms with E-state index in [0.29, 0.717) is 21.8 Å². The van der Waals surface area contributed by atoms with Gasteiger partial charge < -0.3 is 15.1 Å². The van der Waals surface area contributed by atoms with Crippen LogP contribution in [0.5, 0.6) is 0 Å². The number of aromatic nitrogens is 1. The maximum Gasteiger partial charge on any atom is 0.291 e. The van der Waals surface area contributed by atoms with E-state index in [1.165, 1.54) is 0 Å². The zero-order chi connectivity index (χ0) is 16.2. The average Bonchev–Trinajstić information content (AvgIpc) is 3.00. The molecule has 0 spiro atoms. The number of halogens is 1. The van der Waals surface area contributed by atoms with E-state index in [-0.39, 0.29) is 11.7 Å². The number of fused-ring (bicyclic) bond motifs is 1. The first-order valence-electron chi connectivity index (χ1n) is 7.32. The Bertz CT molecular complexity index is 827. The predicted molar refractivity (Wildman–Crippen MR) is 90.8 cm³/mol. The number of amides is 1. The highest BCUT2D eigenvalue weighted by molar-refractivity contribution is 6.34. The molecule has 1 amide bonds. The highest BCUT2D eigenvalue weighted by Crippen LogP contribution is 2.25.